The van der Waals surface area contributed by atoms with Crippen molar-refractivity contribution in [3.05, 3.63) is 64.3 Å². The topological polar surface area (TPSA) is 121 Å². The molecule has 0 aliphatic carbocycles. The van der Waals surface area contributed by atoms with E-state index in [1.54, 1.807) is 18.2 Å². The first kappa shape index (κ1) is 18.8. The average Bonchev–Trinajstić information content (AvgIpc) is 3.13. The van der Waals surface area contributed by atoms with E-state index in [0.29, 0.717) is 34.8 Å². The van der Waals surface area contributed by atoms with E-state index in [4.69, 9.17) is 33.2 Å². The molecule has 27 heavy (non-hydrogen) atoms. The van der Waals surface area contributed by atoms with Crippen LogP contribution in [0.2, 0.25) is 5.02 Å². The number of halogens is 1. The molecule has 0 bridgehead atoms. The molecule has 3 rings (SSSR count). The molecule has 0 saturated heterocycles. The summed E-state index contributed by atoms with van der Waals surface area (Å²) in [6, 6.07) is 12.9. The highest BCUT2D eigenvalue weighted by atomic mass is 35.5. The number of nitrogens with two attached hydrogens (primary N) is 2. The number of fused-ring (bicyclic) bond motifs is 1. The molecule has 0 radical (unpaired) electrons. The molecule has 0 atom stereocenters. The van der Waals surface area contributed by atoms with E-state index >= 15 is 0 Å². The third-order valence-electron chi connectivity index (χ3n) is 4.22. The number of aromatic nitrogens is 1. The number of amides is 1. The van der Waals surface area contributed by atoms with Crippen LogP contribution in [0.4, 0.5) is 0 Å². The van der Waals surface area contributed by atoms with Gasteiger partial charge in [0.25, 0.3) is 5.91 Å². The maximum absolute atomic E-state index is 12.4. The number of benzene rings is 2. The van der Waals surface area contributed by atoms with Gasteiger partial charge >= 0.3 is 0 Å². The van der Waals surface area contributed by atoms with E-state index in [9.17, 15) is 4.79 Å². The maximum atomic E-state index is 12.4. The van der Waals surface area contributed by atoms with Crippen LogP contribution in [0.5, 0.6) is 5.75 Å². The molecule has 8 heteroatoms. The van der Waals surface area contributed by atoms with Gasteiger partial charge in [-0.3, -0.25) is 15.1 Å². The fourth-order valence-corrected chi connectivity index (χ4v) is 2.90. The summed E-state index contributed by atoms with van der Waals surface area (Å²) >= 11 is 6.26. The standard InChI is InChI=1S/C19H20ClN5O2/c1-25(19(22)23)18(26)15-8-13-14(20)5-6-16(17(13)24-15)27-10-12-4-2-3-11(7-12)9-21/h2-8,24H,9-10,21H2,1H3,(H3,22,23). The van der Waals surface area contributed by atoms with Gasteiger partial charge in [-0.2, -0.15) is 0 Å². The van der Waals surface area contributed by atoms with Gasteiger partial charge in [0, 0.05) is 19.0 Å². The van der Waals surface area contributed by atoms with Crippen molar-refractivity contribution in [3.8, 4) is 5.75 Å². The van der Waals surface area contributed by atoms with Gasteiger partial charge in [-0.25, -0.2) is 0 Å². The minimum Gasteiger partial charge on any atom is -0.487 e. The number of H-pyrrole nitrogens is 1. The number of nitrogens with zero attached hydrogens (tertiary/aromatic N) is 1. The SMILES string of the molecule is CN(C(=N)N)C(=O)c1cc2c(Cl)ccc(OCc3cccc(CN)c3)c2[nH]1. The number of hydrogen-bond donors (Lipinski definition) is 4. The molecule has 0 fully saturated rings. The summed E-state index contributed by atoms with van der Waals surface area (Å²) in [7, 11) is 1.43. The first-order valence-corrected chi connectivity index (χ1v) is 8.62. The van der Waals surface area contributed by atoms with Crippen LogP contribution in [-0.4, -0.2) is 28.8 Å². The van der Waals surface area contributed by atoms with E-state index < -0.39 is 5.91 Å². The lowest BCUT2D eigenvalue weighted by Gasteiger charge is -2.13. The van der Waals surface area contributed by atoms with Gasteiger partial charge in [0.2, 0.25) is 0 Å². The molecule has 0 aliphatic rings. The smallest absolute Gasteiger partial charge is 0.276 e. The van der Waals surface area contributed by atoms with Crippen LogP contribution in [0.15, 0.2) is 42.5 Å². The molecule has 0 aliphatic heterocycles. The van der Waals surface area contributed by atoms with Crippen molar-refractivity contribution in [2.75, 3.05) is 7.05 Å². The molecule has 6 N–H and O–H groups in total. The molecule has 7 nitrogen and oxygen atoms in total. The van der Waals surface area contributed by atoms with Crippen molar-refractivity contribution in [2.45, 2.75) is 13.2 Å². The lowest BCUT2D eigenvalue weighted by Crippen LogP contribution is -2.38. The summed E-state index contributed by atoms with van der Waals surface area (Å²) in [6.07, 6.45) is 0. The number of guanidine groups is 1. The van der Waals surface area contributed by atoms with Crippen LogP contribution in [0.25, 0.3) is 10.9 Å². The van der Waals surface area contributed by atoms with Crippen LogP contribution < -0.4 is 16.2 Å². The van der Waals surface area contributed by atoms with E-state index in [-0.39, 0.29) is 11.7 Å². The normalized spacial score (nSPS) is 10.8. The minimum absolute atomic E-state index is 0.269. The molecule has 140 valence electrons. The zero-order valence-electron chi connectivity index (χ0n) is 14.8. The lowest BCUT2D eigenvalue weighted by molar-refractivity contribution is 0.0864. The predicted molar refractivity (Wildman–Crippen MR) is 106 cm³/mol. The molecular weight excluding hydrogens is 366 g/mol. The minimum atomic E-state index is -0.434. The predicted octanol–water partition coefficient (Wildman–Crippen LogP) is 2.82. The van der Waals surface area contributed by atoms with Crippen molar-refractivity contribution in [1.29, 1.82) is 5.41 Å². The second-order valence-corrected chi connectivity index (χ2v) is 6.49. The lowest BCUT2D eigenvalue weighted by atomic mass is 10.1. The second-order valence-electron chi connectivity index (χ2n) is 6.08. The van der Waals surface area contributed by atoms with Crippen LogP contribution >= 0.6 is 11.6 Å². The average molecular weight is 386 g/mol. The number of aromatic amines is 1. The van der Waals surface area contributed by atoms with Gasteiger partial charge in [-0.05, 0) is 29.3 Å². The van der Waals surface area contributed by atoms with E-state index in [0.717, 1.165) is 16.0 Å². The van der Waals surface area contributed by atoms with Crippen molar-refractivity contribution in [1.82, 2.24) is 9.88 Å². The Morgan fingerprint density at radius 3 is 2.70 bits per heavy atom. The third-order valence-corrected chi connectivity index (χ3v) is 4.55. The Kier molecular flexibility index (Phi) is 5.34. The Bertz CT molecular complexity index is 1010. The van der Waals surface area contributed by atoms with E-state index in [1.807, 2.05) is 24.3 Å². The fourth-order valence-electron chi connectivity index (χ4n) is 2.69. The van der Waals surface area contributed by atoms with E-state index in [2.05, 4.69) is 4.98 Å². The summed E-state index contributed by atoms with van der Waals surface area (Å²) in [4.78, 5) is 16.5. The summed E-state index contributed by atoms with van der Waals surface area (Å²) < 4.78 is 5.94. The summed E-state index contributed by atoms with van der Waals surface area (Å²) in [6.45, 7) is 0.811. The third kappa shape index (κ3) is 3.89. The molecule has 3 aromatic rings. The molecule has 1 amide bonds. The highest BCUT2D eigenvalue weighted by Gasteiger charge is 2.19. The van der Waals surface area contributed by atoms with Gasteiger partial charge in [0.05, 0.1) is 10.5 Å². The first-order valence-electron chi connectivity index (χ1n) is 8.24. The van der Waals surface area contributed by atoms with Gasteiger partial charge in [-0.15, -0.1) is 0 Å². The van der Waals surface area contributed by atoms with Crippen LogP contribution in [0.1, 0.15) is 21.6 Å². The van der Waals surface area contributed by atoms with Crippen molar-refractivity contribution in [2.24, 2.45) is 11.5 Å². The number of nitrogens with one attached hydrogen (secondary N) is 2. The molecule has 2 aromatic carbocycles. The highest BCUT2D eigenvalue weighted by Crippen LogP contribution is 2.32. The summed E-state index contributed by atoms with van der Waals surface area (Å²) in [5.74, 6) is -0.213. The van der Waals surface area contributed by atoms with Crippen molar-refractivity contribution < 1.29 is 9.53 Å². The van der Waals surface area contributed by atoms with Crippen molar-refractivity contribution >= 4 is 34.4 Å². The zero-order valence-corrected chi connectivity index (χ0v) is 15.5. The molecule has 0 unspecified atom stereocenters. The largest absolute Gasteiger partial charge is 0.487 e. The van der Waals surface area contributed by atoms with Gasteiger partial charge in [0.1, 0.15) is 18.1 Å². The molecular formula is C19H20ClN5O2. The van der Waals surface area contributed by atoms with Gasteiger partial charge in [-0.1, -0.05) is 35.9 Å². The number of ether oxygens (including phenoxy) is 1. The highest BCUT2D eigenvalue weighted by molar-refractivity contribution is 6.35. The number of rotatable bonds is 5. The monoisotopic (exact) mass is 385 g/mol. The molecule has 1 heterocycles. The van der Waals surface area contributed by atoms with Crippen LogP contribution in [0, 0.1) is 5.41 Å². The Morgan fingerprint density at radius 1 is 1.26 bits per heavy atom. The summed E-state index contributed by atoms with van der Waals surface area (Å²) in [5, 5.41) is 8.55. The Morgan fingerprint density at radius 2 is 2.00 bits per heavy atom. The Balaban J connectivity index is 1.90. The quantitative estimate of drug-likeness (QED) is 0.398. The zero-order chi connectivity index (χ0) is 19.6. The van der Waals surface area contributed by atoms with E-state index in [1.165, 1.54) is 7.05 Å². The first-order chi connectivity index (χ1) is 12.9. The number of carbonyl (C=O) groups is 1. The molecule has 0 saturated carbocycles. The second kappa shape index (κ2) is 7.69. The number of hydrogen-bond acceptors (Lipinski definition) is 4. The molecule has 1 aromatic heterocycles. The number of carbonyl (C=O) groups excluding carboxylic acids is 1. The van der Waals surface area contributed by atoms with Crippen molar-refractivity contribution in [3.63, 3.8) is 0 Å². The van der Waals surface area contributed by atoms with Crippen LogP contribution in [0.3, 0.4) is 0 Å². The Hall–Kier alpha value is -3.03. The van der Waals surface area contributed by atoms with Gasteiger partial charge in [0.15, 0.2) is 5.96 Å². The maximum Gasteiger partial charge on any atom is 0.276 e. The fraction of sp³-hybridized carbons (Fsp3) is 0.158. The van der Waals surface area contributed by atoms with Crippen LogP contribution in [-0.2, 0) is 13.2 Å². The molecule has 0 spiro atoms. The summed E-state index contributed by atoms with van der Waals surface area (Å²) in [5.41, 5.74) is 13.9. The van der Waals surface area contributed by atoms with Gasteiger partial charge < -0.3 is 21.2 Å². The Labute approximate surface area is 161 Å².